The van der Waals surface area contributed by atoms with Crippen LogP contribution in [0.2, 0.25) is 0 Å². The van der Waals surface area contributed by atoms with Crippen LogP contribution in [0.4, 0.5) is 0 Å². The van der Waals surface area contributed by atoms with Gasteiger partial charge < -0.3 is 4.74 Å². The maximum absolute atomic E-state index is 11.5. The Morgan fingerprint density at radius 3 is 2.55 bits per heavy atom. The first kappa shape index (κ1) is 7.29. The number of ketones is 1. The van der Waals surface area contributed by atoms with E-state index in [1.165, 1.54) is 0 Å². The minimum absolute atomic E-state index is 0.0532. The first-order chi connectivity index (χ1) is 5.29. The Kier molecular flexibility index (Phi) is 1.72. The lowest BCUT2D eigenvalue weighted by Gasteiger charge is -2.11. The standard InChI is InChI=1S/C9H14O2/c1-6-4-5-11-9(6)8(10)7-2-3-7/h6-7,9H,2-5H2,1H3. The zero-order valence-corrected chi connectivity index (χ0v) is 6.88. The lowest BCUT2D eigenvalue weighted by atomic mass is 9.98. The van der Waals surface area contributed by atoms with Gasteiger partial charge in [0.2, 0.25) is 0 Å². The fourth-order valence-corrected chi connectivity index (χ4v) is 1.66. The van der Waals surface area contributed by atoms with E-state index in [1.54, 1.807) is 0 Å². The summed E-state index contributed by atoms with van der Waals surface area (Å²) < 4.78 is 5.38. The molecule has 1 saturated heterocycles. The van der Waals surface area contributed by atoms with Crippen LogP contribution in [0.25, 0.3) is 0 Å². The third-order valence-corrected chi connectivity index (χ3v) is 2.65. The van der Waals surface area contributed by atoms with Crippen molar-refractivity contribution in [2.75, 3.05) is 6.61 Å². The molecule has 2 atom stereocenters. The highest BCUT2D eigenvalue weighted by atomic mass is 16.5. The van der Waals surface area contributed by atoms with Crippen LogP contribution in [-0.4, -0.2) is 18.5 Å². The maximum atomic E-state index is 11.5. The molecule has 0 spiro atoms. The molecule has 0 N–H and O–H groups in total. The van der Waals surface area contributed by atoms with E-state index in [1.807, 2.05) is 0 Å². The van der Waals surface area contributed by atoms with E-state index >= 15 is 0 Å². The lowest BCUT2D eigenvalue weighted by molar-refractivity contribution is -0.130. The highest BCUT2D eigenvalue weighted by Crippen LogP contribution is 2.35. The minimum atomic E-state index is -0.0532. The Hall–Kier alpha value is -0.370. The van der Waals surface area contributed by atoms with Gasteiger partial charge >= 0.3 is 0 Å². The SMILES string of the molecule is CC1CCOC1C(=O)C1CC1. The molecule has 2 rings (SSSR count). The van der Waals surface area contributed by atoms with Crippen molar-refractivity contribution < 1.29 is 9.53 Å². The third kappa shape index (κ3) is 1.32. The largest absolute Gasteiger partial charge is 0.370 e. The van der Waals surface area contributed by atoms with Crippen molar-refractivity contribution in [3.63, 3.8) is 0 Å². The van der Waals surface area contributed by atoms with Crippen molar-refractivity contribution in [1.29, 1.82) is 0 Å². The molecule has 0 aromatic carbocycles. The van der Waals surface area contributed by atoms with Crippen LogP contribution in [0.5, 0.6) is 0 Å². The molecule has 1 aliphatic carbocycles. The van der Waals surface area contributed by atoms with Gasteiger partial charge in [-0.3, -0.25) is 4.79 Å². The van der Waals surface area contributed by atoms with Crippen LogP contribution in [0, 0.1) is 11.8 Å². The number of carbonyl (C=O) groups is 1. The van der Waals surface area contributed by atoms with Gasteiger partial charge in [0.1, 0.15) is 6.10 Å². The molecule has 2 heteroatoms. The molecule has 0 aromatic heterocycles. The summed E-state index contributed by atoms with van der Waals surface area (Å²) in [5.41, 5.74) is 0. The smallest absolute Gasteiger partial charge is 0.164 e. The normalized spacial score (nSPS) is 37.5. The van der Waals surface area contributed by atoms with E-state index in [9.17, 15) is 4.79 Å². The molecule has 1 saturated carbocycles. The Morgan fingerprint density at radius 2 is 2.09 bits per heavy atom. The number of rotatable bonds is 2. The molecule has 1 heterocycles. The summed E-state index contributed by atoms with van der Waals surface area (Å²) in [5, 5.41) is 0. The lowest BCUT2D eigenvalue weighted by Crippen LogP contribution is -2.26. The van der Waals surface area contributed by atoms with Crippen molar-refractivity contribution in [3.05, 3.63) is 0 Å². The van der Waals surface area contributed by atoms with Crippen LogP contribution < -0.4 is 0 Å². The van der Waals surface area contributed by atoms with E-state index in [0.717, 1.165) is 25.9 Å². The van der Waals surface area contributed by atoms with Crippen LogP contribution in [0.3, 0.4) is 0 Å². The zero-order chi connectivity index (χ0) is 7.84. The van der Waals surface area contributed by atoms with Gasteiger partial charge in [0.15, 0.2) is 5.78 Å². The average molecular weight is 154 g/mol. The van der Waals surface area contributed by atoms with Gasteiger partial charge in [0, 0.05) is 12.5 Å². The highest BCUT2D eigenvalue weighted by Gasteiger charge is 2.39. The molecule has 2 aliphatic rings. The number of carbonyl (C=O) groups excluding carboxylic acids is 1. The van der Waals surface area contributed by atoms with Crippen molar-refractivity contribution in [3.8, 4) is 0 Å². The molecule has 0 amide bonds. The second-order valence-electron chi connectivity index (χ2n) is 3.73. The summed E-state index contributed by atoms with van der Waals surface area (Å²) in [6.45, 7) is 2.89. The predicted octanol–water partition coefficient (Wildman–Crippen LogP) is 1.39. The molecule has 11 heavy (non-hydrogen) atoms. The summed E-state index contributed by atoms with van der Waals surface area (Å²) in [6, 6.07) is 0. The fourth-order valence-electron chi connectivity index (χ4n) is 1.66. The number of hydrogen-bond donors (Lipinski definition) is 0. The summed E-state index contributed by atoms with van der Waals surface area (Å²) in [6.07, 6.45) is 3.21. The first-order valence-corrected chi connectivity index (χ1v) is 4.44. The number of ether oxygens (including phenoxy) is 1. The molecular formula is C9H14O2. The Balaban J connectivity index is 1.96. The van der Waals surface area contributed by atoms with Crippen LogP contribution in [0.15, 0.2) is 0 Å². The monoisotopic (exact) mass is 154 g/mol. The molecule has 0 bridgehead atoms. The Bertz CT molecular complexity index is 172. The molecule has 1 aliphatic heterocycles. The van der Waals surface area contributed by atoms with Gasteiger partial charge in [0.05, 0.1) is 0 Å². The Morgan fingerprint density at radius 1 is 1.36 bits per heavy atom. The van der Waals surface area contributed by atoms with Crippen molar-refractivity contribution in [1.82, 2.24) is 0 Å². The van der Waals surface area contributed by atoms with E-state index in [2.05, 4.69) is 6.92 Å². The van der Waals surface area contributed by atoms with Crippen molar-refractivity contribution >= 4 is 5.78 Å². The average Bonchev–Trinajstić information content (AvgIpc) is 2.74. The molecule has 2 nitrogen and oxygen atoms in total. The predicted molar refractivity (Wildman–Crippen MR) is 41.3 cm³/mol. The fraction of sp³-hybridized carbons (Fsp3) is 0.889. The summed E-state index contributed by atoms with van der Waals surface area (Å²) in [7, 11) is 0. The van der Waals surface area contributed by atoms with E-state index in [4.69, 9.17) is 4.74 Å². The molecular weight excluding hydrogens is 140 g/mol. The topological polar surface area (TPSA) is 26.3 Å². The molecule has 2 unspecified atom stereocenters. The molecule has 0 radical (unpaired) electrons. The number of hydrogen-bond acceptors (Lipinski definition) is 2. The second kappa shape index (κ2) is 2.59. The van der Waals surface area contributed by atoms with E-state index < -0.39 is 0 Å². The number of Topliss-reactive ketones (excluding diaryl/α,β-unsaturated/α-hetero) is 1. The second-order valence-corrected chi connectivity index (χ2v) is 3.73. The zero-order valence-electron chi connectivity index (χ0n) is 6.88. The van der Waals surface area contributed by atoms with Crippen LogP contribution in [-0.2, 0) is 9.53 Å². The van der Waals surface area contributed by atoms with Crippen LogP contribution in [0.1, 0.15) is 26.2 Å². The van der Waals surface area contributed by atoms with Gasteiger partial charge in [-0.1, -0.05) is 6.92 Å². The first-order valence-electron chi connectivity index (χ1n) is 4.44. The van der Waals surface area contributed by atoms with Crippen molar-refractivity contribution in [2.24, 2.45) is 11.8 Å². The van der Waals surface area contributed by atoms with Gasteiger partial charge in [-0.2, -0.15) is 0 Å². The molecule has 2 fully saturated rings. The highest BCUT2D eigenvalue weighted by molar-refractivity contribution is 5.87. The van der Waals surface area contributed by atoms with E-state index in [-0.39, 0.29) is 6.10 Å². The van der Waals surface area contributed by atoms with Gasteiger partial charge in [-0.05, 0) is 25.2 Å². The van der Waals surface area contributed by atoms with Gasteiger partial charge in [-0.15, -0.1) is 0 Å². The quantitative estimate of drug-likeness (QED) is 0.600. The third-order valence-electron chi connectivity index (χ3n) is 2.65. The summed E-state index contributed by atoms with van der Waals surface area (Å²) in [5.74, 6) is 1.19. The van der Waals surface area contributed by atoms with Gasteiger partial charge in [0.25, 0.3) is 0 Å². The molecule has 0 aromatic rings. The maximum Gasteiger partial charge on any atom is 0.164 e. The van der Waals surface area contributed by atoms with Crippen molar-refractivity contribution in [2.45, 2.75) is 32.3 Å². The van der Waals surface area contributed by atoms with Gasteiger partial charge in [-0.25, -0.2) is 0 Å². The van der Waals surface area contributed by atoms with Crippen LogP contribution >= 0.6 is 0 Å². The summed E-state index contributed by atoms with van der Waals surface area (Å²) in [4.78, 5) is 11.5. The van der Waals surface area contributed by atoms with E-state index in [0.29, 0.717) is 17.6 Å². The minimum Gasteiger partial charge on any atom is -0.370 e. The summed E-state index contributed by atoms with van der Waals surface area (Å²) >= 11 is 0. The molecule has 62 valence electrons. The Labute approximate surface area is 66.9 Å².